The molecule has 2 heterocycles. The average molecular weight is 757 g/mol. The van der Waals surface area contributed by atoms with E-state index in [0.717, 1.165) is 56.2 Å². The number of aromatic nitrogens is 4. The van der Waals surface area contributed by atoms with Gasteiger partial charge in [-0.1, -0.05) is 208 Å². The second-order valence-electron chi connectivity index (χ2n) is 15.5. The van der Waals surface area contributed by atoms with Crippen LogP contribution in [0.5, 0.6) is 0 Å². The molecule has 0 aliphatic carbocycles. The van der Waals surface area contributed by atoms with Gasteiger partial charge < -0.3 is 0 Å². The first-order chi connectivity index (χ1) is 29.0. The first kappa shape index (κ1) is 35.8. The van der Waals surface area contributed by atoms with Crippen molar-refractivity contribution >= 4 is 21.5 Å². The molecule has 0 spiro atoms. The fraction of sp³-hybridized carbons (Fsp3) is 0.0545. The minimum absolute atomic E-state index is 0.279. The van der Waals surface area contributed by atoms with E-state index in [1.165, 1.54) is 32.7 Å². The molecule has 0 N–H and O–H groups in total. The SMILES string of the molecule is CC(C)(c1ccc(-c2nc(-c3ccccc3)cc(-c3cccc4ccccc34)n2)cc1)c1ccc(-c2nc(-c3ccccc3)cc(-c3cccc4ccccc34)n2)cc1. The lowest BCUT2D eigenvalue weighted by Gasteiger charge is -2.26. The summed E-state index contributed by atoms with van der Waals surface area (Å²) < 4.78 is 0. The maximum atomic E-state index is 5.18. The van der Waals surface area contributed by atoms with Gasteiger partial charge in [-0.05, 0) is 44.8 Å². The number of hydrogen-bond acceptors (Lipinski definition) is 4. The third-order valence-corrected chi connectivity index (χ3v) is 11.5. The van der Waals surface area contributed by atoms with Gasteiger partial charge >= 0.3 is 0 Å². The third kappa shape index (κ3) is 6.96. The molecule has 4 heteroatoms. The van der Waals surface area contributed by atoms with E-state index in [1.54, 1.807) is 0 Å². The molecule has 59 heavy (non-hydrogen) atoms. The van der Waals surface area contributed by atoms with Crippen LogP contribution in [-0.4, -0.2) is 19.9 Å². The molecule has 4 nitrogen and oxygen atoms in total. The molecule has 280 valence electrons. The van der Waals surface area contributed by atoms with Crippen molar-refractivity contribution in [3.8, 4) is 67.8 Å². The summed E-state index contributed by atoms with van der Waals surface area (Å²) in [5, 5.41) is 4.71. The summed E-state index contributed by atoms with van der Waals surface area (Å²) in [6.07, 6.45) is 0. The second-order valence-corrected chi connectivity index (χ2v) is 15.5. The van der Waals surface area contributed by atoms with Crippen molar-refractivity contribution in [3.63, 3.8) is 0 Å². The molecular weight excluding hydrogens is 717 g/mol. The van der Waals surface area contributed by atoms with Crippen LogP contribution >= 0.6 is 0 Å². The van der Waals surface area contributed by atoms with Crippen molar-refractivity contribution in [3.05, 3.63) is 217 Å². The predicted molar refractivity (Wildman–Crippen MR) is 244 cm³/mol. The molecule has 10 rings (SSSR count). The zero-order chi connectivity index (χ0) is 39.8. The third-order valence-electron chi connectivity index (χ3n) is 11.5. The van der Waals surface area contributed by atoms with Crippen LogP contribution in [0.25, 0.3) is 89.4 Å². The minimum Gasteiger partial charge on any atom is -0.228 e. The van der Waals surface area contributed by atoms with E-state index >= 15 is 0 Å². The molecule has 0 atom stereocenters. The summed E-state index contributed by atoms with van der Waals surface area (Å²) in [6.45, 7) is 4.54. The first-order valence-electron chi connectivity index (χ1n) is 20.1. The molecule has 0 saturated heterocycles. The molecule has 0 bridgehead atoms. The second kappa shape index (κ2) is 15.1. The van der Waals surface area contributed by atoms with Gasteiger partial charge in [0, 0.05) is 38.8 Å². The fourth-order valence-corrected chi connectivity index (χ4v) is 8.08. The standard InChI is InChI=1S/C55H40N4/c1-55(2,43-31-27-41(28-32-43)53-56-49(39-17-5-3-6-18-39)35-51(58-53)47-25-13-21-37-15-9-11-23-45(37)47)44-33-29-42(30-34-44)54-57-50(40-19-7-4-8-20-40)36-52(59-54)48-26-14-22-38-16-10-12-24-46(38)48/h3-36H,1-2H3. The maximum Gasteiger partial charge on any atom is 0.160 e. The molecular formula is C55H40N4. The highest BCUT2D eigenvalue weighted by Crippen LogP contribution is 2.37. The molecule has 0 aliphatic heterocycles. The fourth-order valence-electron chi connectivity index (χ4n) is 8.08. The summed E-state index contributed by atoms with van der Waals surface area (Å²) in [6, 6.07) is 72.1. The Bertz CT molecular complexity index is 2880. The van der Waals surface area contributed by atoms with Crippen LogP contribution in [0.15, 0.2) is 206 Å². The summed E-state index contributed by atoms with van der Waals surface area (Å²) in [5.41, 5.74) is 11.9. The molecule has 0 fully saturated rings. The van der Waals surface area contributed by atoms with Crippen LogP contribution in [0.2, 0.25) is 0 Å². The van der Waals surface area contributed by atoms with E-state index in [-0.39, 0.29) is 5.41 Å². The highest BCUT2D eigenvalue weighted by Gasteiger charge is 2.24. The van der Waals surface area contributed by atoms with Crippen molar-refractivity contribution in [1.29, 1.82) is 0 Å². The van der Waals surface area contributed by atoms with Crippen molar-refractivity contribution < 1.29 is 0 Å². The summed E-state index contributed by atoms with van der Waals surface area (Å²) >= 11 is 0. The van der Waals surface area contributed by atoms with E-state index in [4.69, 9.17) is 19.9 Å². The lowest BCUT2D eigenvalue weighted by atomic mass is 9.77. The Kier molecular flexibility index (Phi) is 9.15. The highest BCUT2D eigenvalue weighted by atomic mass is 14.9. The van der Waals surface area contributed by atoms with Crippen LogP contribution in [0.1, 0.15) is 25.0 Å². The van der Waals surface area contributed by atoms with Crippen LogP contribution in [0, 0.1) is 0 Å². The molecule has 0 amide bonds. The zero-order valence-corrected chi connectivity index (χ0v) is 32.9. The van der Waals surface area contributed by atoms with Crippen molar-refractivity contribution in [2.45, 2.75) is 19.3 Å². The number of fused-ring (bicyclic) bond motifs is 2. The van der Waals surface area contributed by atoms with E-state index in [2.05, 4.69) is 208 Å². The van der Waals surface area contributed by atoms with Gasteiger partial charge in [-0.3, -0.25) is 0 Å². The smallest absolute Gasteiger partial charge is 0.160 e. The Morgan fingerprint density at radius 1 is 0.305 bits per heavy atom. The number of benzene rings is 8. The molecule has 0 aliphatic rings. The Hall–Kier alpha value is -7.56. The lowest BCUT2D eigenvalue weighted by Crippen LogP contribution is -2.18. The topological polar surface area (TPSA) is 51.6 Å². The van der Waals surface area contributed by atoms with E-state index in [9.17, 15) is 0 Å². The van der Waals surface area contributed by atoms with E-state index in [0.29, 0.717) is 11.6 Å². The first-order valence-corrected chi connectivity index (χ1v) is 20.1. The van der Waals surface area contributed by atoms with E-state index in [1.807, 2.05) is 12.1 Å². The van der Waals surface area contributed by atoms with Crippen molar-refractivity contribution in [1.82, 2.24) is 19.9 Å². The molecule has 0 radical (unpaired) electrons. The monoisotopic (exact) mass is 756 g/mol. The molecule has 2 aromatic heterocycles. The van der Waals surface area contributed by atoms with E-state index < -0.39 is 0 Å². The van der Waals surface area contributed by atoms with Crippen LogP contribution in [0.3, 0.4) is 0 Å². The van der Waals surface area contributed by atoms with Gasteiger partial charge in [-0.15, -0.1) is 0 Å². The zero-order valence-electron chi connectivity index (χ0n) is 32.9. The molecule has 10 aromatic rings. The van der Waals surface area contributed by atoms with Crippen molar-refractivity contribution in [2.24, 2.45) is 0 Å². The van der Waals surface area contributed by atoms with Crippen LogP contribution in [0.4, 0.5) is 0 Å². The molecule has 8 aromatic carbocycles. The maximum absolute atomic E-state index is 5.18. The predicted octanol–water partition coefficient (Wildman–Crippen LogP) is 13.9. The highest BCUT2D eigenvalue weighted by molar-refractivity contribution is 5.97. The summed E-state index contributed by atoms with van der Waals surface area (Å²) in [4.78, 5) is 20.6. The number of rotatable bonds is 8. The Labute approximate surface area is 344 Å². The van der Waals surface area contributed by atoms with Crippen molar-refractivity contribution in [2.75, 3.05) is 0 Å². The van der Waals surface area contributed by atoms with Crippen LogP contribution in [-0.2, 0) is 5.41 Å². The lowest BCUT2D eigenvalue weighted by molar-refractivity contribution is 0.641. The quantitative estimate of drug-likeness (QED) is 0.155. The molecule has 0 unspecified atom stereocenters. The normalized spacial score (nSPS) is 11.6. The van der Waals surface area contributed by atoms with Gasteiger partial charge in [-0.2, -0.15) is 0 Å². The van der Waals surface area contributed by atoms with Gasteiger partial charge in [0.05, 0.1) is 22.8 Å². The Morgan fingerprint density at radius 3 is 1.08 bits per heavy atom. The van der Waals surface area contributed by atoms with Gasteiger partial charge in [0.15, 0.2) is 11.6 Å². The number of hydrogen-bond donors (Lipinski definition) is 0. The van der Waals surface area contributed by atoms with Gasteiger partial charge in [0.2, 0.25) is 0 Å². The largest absolute Gasteiger partial charge is 0.228 e. The van der Waals surface area contributed by atoms with Crippen LogP contribution < -0.4 is 0 Å². The Morgan fingerprint density at radius 2 is 0.661 bits per heavy atom. The summed E-state index contributed by atoms with van der Waals surface area (Å²) in [5.74, 6) is 1.40. The van der Waals surface area contributed by atoms with Gasteiger partial charge in [0.1, 0.15) is 0 Å². The Balaban J connectivity index is 0.987. The minimum atomic E-state index is -0.279. The van der Waals surface area contributed by atoms with Gasteiger partial charge in [-0.25, -0.2) is 19.9 Å². The van der Waals surface area contributed by atoms with Gasteiger partial charge in [0.25, 0.3) is 0 Å². The summed E-state index contributed by atoms with van der Waals surface area (Å²) in [7, 11) is 0. The average Bonchev–Trinajstić information content (AvgIpc) is 3.31. The number of nitrogens with zero attached hydrogens (tertiary/aromatic N) is 4. The molecule has 0 saturated carbocycles.